The average molecular weight is 1100 g/mol. The summed E-state index contributed by atoms with van der Waals surface area (Å²) < 4.78 is 23.5. The fourth-order valence-electron chi connectivity index (χ4n) is 10.7. The Bertz CT molecular complexity index is 1240. The van der Waals surface area contributed by atoms with Crippen LogP contribution in [0.25, 0.3) is 0 Å². The minimum absolute atomic E-state index is 0.0154. The van der Waals surface area contributed by atoms with E-state index in [0.29, 0.717) is 23.9 Å². The molecule has 1 amide bonds. The molecule has 0 aliphatic heterocycles. The molecular weight excluding hydrogens is 960 g/mol. The van der Waals surface area contributed by atoms with Gasteiger partial charge in [0.05, 0.1) is 39.9 Å². The Kier molecular flexibility index (Phi) is 58.3. The van der Waals surface area contributed by atoms with Crippen LogP contribution in [-0.2, 0) is 18.4 Å². The summed E-state index contributed by atoms with van der Waals surface area (Å²) in [7, 11) is 1.32. The Morgan fingerprint density at radius 3 is 1.03 bits per heavy atom. The van der Waals surface area contributed by atoms with Crippen molar-refractivity contribution in [2.75, 3.05) is 40.9 Å². The molecule has 0 saturated heterocycles. The number of amides is 1. The molecule has 0 aromatic carbocycles. The molecule has 0 bridgehead atoms. The number of carbonyl (C=O) groups excluding carboxylic acids is 1. The quantitative estimate of drug-likeness (QED) is 0.0272. The van der Waals surface area contributed by atoms with Gasteiger partial charge in [0.15, 0.2) is 0 Å². The number of unbranched alkanes of at least 4 members (excludes halogenated alkanes) is 49. The van der Waals surface area contributed by atoms with E-state index in [9.17, 15) is 19.4 Å². The number of carbonyl (C=O) groups is 1. The van der Waals surface area contributed by atoms with Crippen LogP contribution in [0.1, 0.15) is 361 Å². The molecule has 0 radical (unpaired) electrons. The van der Waals surface area contributed by atoms with E-state index < -0.39 is 20.0 Å². The van der Waals surface area contributed by atoms with Gasteiger partial charge < -0.3 is 28.8 Å². The fourth-order valence-corrected chi connectivity index (χ4v) is 11.4. The highest BCUT2D eigenvalue weighted by atomic mass is 31.2. The van der Waals surface area contributed by atoms with Crippen molar-refractivity contribution in [1.29, 1.82) is 0 Å². The lowest BCUT2D eigenvalue weighted by molar-refractivity contribution is -0.870. The molecular formula is C67H135N2O6P. The summed E-state index contributed by atoms with van der Waals surface area (Å²) >= 11 is 0. The molecule has 76 heavy (non-hydrogen) atoms. The number of nitrogens with zero attached hydrogens (tertiary/aromatic N) is 1. The number of likely N-dealkylation sites (N-methyl/N-ethyl adjacent to an activating group) is 1. The van der Waals surface area contributed by atoms with Gasteiger partial charge in [-0.25, -0.2) is 0 Å². The maximum absolute atomic E-state index is 13.0. The molecule has 0 rings (SSSR count). The number of hydrogen-bond acceptors (Lipinski definition) is 6. The van der Waals surface area contributed by atoms with E-state index in [1.807, 2.05) is 21.1 Å². The average Bonchev–Trinajstić information content (AvgIpc) is 3.38. The Balaban J connectivity index is 3.85. The summed E-state index contributed by atoms with van der Waals surface area (Å²) in [6.07, 6.45) is 74.4. The zero-order valence-electron chi connectivity index (χ0n) is 52.0. The normalized spacial score (nSPS) is 13.7. The molecule has 0 saturated carbocycles. The van der Waals surface area contributed by atoms with Crippen molar-refractivity contribution < 1.29 is 32.9 Å². The first kappa shape index (κ1) is 75.2. The molecule has 3 unspecified atom stereocenters. The van der Waals surface area contributed by atoms with Crippen LogP contribution in [0, 0.1) is 0 Å². The highest BCUT2D eigenvalue weighted by Gasteiger charge is 2.24. The van der Waals surface area contributed by atoms with E-state index in [-0.39, 0.29) is 19.1 Å². The summed E-state index contributed by atoms with van der Waals surface area (Å²) in [5.41, 5.74) is 0. The van der Waals surface area contributed by atoms with Gasteiger partial charge in [0.2, 0.25) is 5.91 Å². The fraction of sp³-hybridized carbons (Fsp3) is 0.955. The molecule has 454 valence electrons. The zero-order valence-corrected chi connectivity index (χ0v) is 52.9. The van der Waals surface area contributed by atoms with E-state index in [4.69, 9.17) is 9.05 Å². The van der Waals surface area contributed by atoms with Crippen molar-refractivity contribution in [2.24, 2.45) is 0 Å². The van der Waals surface area contributed by atoms with Crippen LogP contribution in [0.2, 0.25) is 0 Å². The molecule has 0 fully saturated rings. The van der Waals surface area contributed by atoms with Gasteiger partial charge in [-0.1, -0.05) is 328 Å². The van der Waals surface area contributed by atoms with Crippen molar-refractivity contribution in [2.45, 2.75) is 373 Å². The van der Waals surface area contributed by atoms with Gasteiger partial charge in [0, 0.05) is 6.42 Å². The van der Waals surface area contributed by atoms with Gasteiger partial charge in [0.1, 0.15) is 13.2 Å². The first-order valence-electron chi connectivity index (χ1n) is 34.0. The van der Waals surface area contributed by atoms with E-state index in [2.05, 4.69) is 31.3 Å². The maximum Gasteiger partial charge on any atom is 0.268 e. The number of phosphoric acid groups is 1. The number of aliphatic hydroxyl groups is 1. The van der Waals surface area contributed by atoms with Crippen LogP contribution >= 0.6 is 7.82 Å². The SMILES string of the molecule is CCCCCCCCCCCCCCCCCCCC/C=C\CCCCCCCCCCCCCCCCCCCC(=O)NC(COP(=O)([O-])OCC[N+](C)(C)C)C(O)CCCCCCCCCCCCCCCCC. The van der Waals surface area contributed by atoms with Crippen LogP contribution in [-0.4, -0.2) is 68.5 Å². The molecule has 2 N–H and O–H groups in total. The lowest BCUT2D eigenvalue weighted by atomic mass is 10.0. The highest BCUT2D eigenvalue weighted by molar-refractivity contribution is 7.45. The van der Waals surface area contributed by atoms with Crippen LogP contribution in [0.5, 0.6) is 0 Å². The number of phosphoric ester groups is 1. The number of aliphatic hydroxyl groups excluding tert-OH is 1. The van der Waals surface area contributed by atoms with E-state index >= 15 is 0 Å². The molecule has 0 aliphatic rings. The summed E-state index contributed by atoms with van der Waals surface area (Å²) in [4.78, 5) is 25.6. The first-order chi connectivity index (χ1) is 37.0. The predicted octanol–water partition coefficient (Wildman–Crippen LogP) is 20.7. The third kappa shape index (κ3) is 60.9. The summed E-state index contributed by atoms with van der Waals surface area (Å²) in [5, 5.41) is 14.0. The van der Waals surface area contributed by atoms with Crippen LogP contribution in [0.15, 0.2) is 12.2 Å². The Morgan fingerprint density at radius 1 is 0.447 bits per heavy atom. The smallest absolute Gasteiger partial charge is 0.268 e. The van der Waals surface area contributed by atoms with Crippen LogP contribution in [0.4, 0.5) is 0 Å². The van der Waals surface area contributed by atoms with Crippen molar-refractivity contribution in [1.82, 2.24) is 5.32 Å². The number of nitrogens with one attached hydrogen (secondary N) is 1. The van der Waals surface area contributed by atoms with E-state index in [1.54, 1.807) is 0 Å². The topological polar surface area (TPSA) is 108 Å². The molecule has 9 heteroatoms. The molecule has 0 aliphatic carbocycles. The molecule has 3 atom stereocenters. The minimum Gasteiger partial charge on any atom is -0.756 e. The monoisotopic (exact) mass is 1100 g/mol. The standard InChI is InChI=1S/C67H135N2O6P/c1-6-8-10-12-14-16-18-20-22-23-24-25-26-27-28-29-30-31-32-33-34-35-36-37-38-39-40-41-42-43-44-45-47-49-51-53-55-57-59-61-67(71)68-65(64-75-76(72,73)74-63-62-69(3,4)5)66(70)60-58-56-54-52-50-48-46-21-19-17-15-13-11-9-7-2/h33-34,65-66,70H,6-32,35-64H2,1-5H3,(H-,68,71,72,73)/b34-33-. The van der Waals surface area contributed by atoms with Crippen LogP contribution in [0.3, 0.4) is 0 Å². The Hall–Kier alpha value is -0.760. The highest BCUT2D eigenvalue weighted by Crippen LogP contribution is 2.38. The first-order valence-corrected chi connectivity index (χ1v) is 35.5. The predicted molar refractivity (Wildman–Crippen MR) is 330 cm³/mol. The van der Waals surface area contributed by atoms with Gasteiger partial charge in [-0.3, -0.25) is 9.36 Å². The molecule has 0 aromatic rings. The second kappa shape index (κ2) is 58.9. The molecule has 0 aromatic heterocycles. The Labute approximate surface area is 475 Å². The van der Waals surface area contributed by atoms with Crippen molar-refractivity contribution in [3.63, 3.8) is 0 Å². The van der Waals surface area contributed by atoms with Gasteiger partial charge >= 0.3 is 0 Å². The third-order valence-electron chi connectivity index (χ3n) is 16.0. The minimum atomic E-state index is -4.57. The van der Waals surface area contributed by atoms with Crippen molar-refractivity contribution in [3.8, 4) is 0 Å². The second-order valence-corrected chi connectivity index (χ2v) is 26.3. The second-order valence-electron chi connectivity index (χ2n) is 24.9. The molecule has 8 nitrogen and oxygen atoms in total. The van der Waals surface area contributed by atoms with Gasteiger partial charge in [-0.05, 0) is 38.5 Å². The lowest BCUT2D eigenvalue weighted by Crippen LogP contribution is -2.46. The summed E-state index contributed by atoms with van der Waals surface area (Å²) in [6.45, 7) is 4.78. The largest absolute Gasteiger partial charge is 0.756 e. The zero-order chi connectivity index (χ0) is 55.6. The Morgan fingerprint density at radius 2 is 0.724 bits per heavy atom. The number of quaternary nitrogens is 1. The molecule has 0 heterocycles. The van der Waals surface area contributed by atoms with E-state index in [1.165, 1.54) is 295 Å². The van der Waals surface area contributed by atoms with Gasteiger partial charge in [-0.15, -0.1) is 0 Å². The van der Waals surface area contributed by atoms with Crippen LogP contribution < -0.4 is 10.2 Å². The number of allylic oxidation sites excluding steroid dienone is 2. The van der Waals surface area contributed by atoms with E-state index in [0.717, 1.165) is 38.5 Å². The molecule has 0 spiro atoms. The summed E-state index contributed by atoms with van der Waals surface area (Å²) in [5.74, 6) is -0.157. The number of rotatable bonds is 64. The van der Waals surface area contributed by atoms with Gasteiger partial charge in [0.25, 0.3) is 7.82 Å². The van der Waals surface area contributed by atoms with Crippen molar-refractivity contribution >= 4 is 13.7 Å². The summed E-state index contributed by atoms with van der Waals surface area (Å²) in [6, 6.07) is -0.797. The van der Waals surface area contributed by atoms with Crippen molar-refractivity contribution in [3.05, 3.63) is 12.2 Å². The third-order valence-corrected chi connectivity index (χ3v) is 17.0. The maximum atomic E-state index is 13.0. The lowest BCUT2D eigenvalue weighted by Gasteiger charge is -2.30. The van der Waals surface area contributed by atoms with Gasteiger partial charge in [-0.2, -0.15) is 0 Å². The number of hydrogen-bond donors (Lipinski definition) is 2.